The van der Waals surface area contributed by atoms with Crippen LogP contribution in [0.4, 0.5) is 0 Å². The van der Waals surface area contributed by atoms with Crippen LogP contribution >= 0.6 is 0 Å². The largest absolute Gasteiger partial charge is 0.504 e. The number of likely N-dealkylation sites (N-methyl/N-ethyl adjacent to an activating group) is 1. The van der Waals surface area contributed by atoms with Gasteiger partial charge in [-0.3, -0.25) is 9.80 Å². The van der Waals surface area contributed by atoms with Gasteiger partial charge in [-0.1, -0.05) is 38.1 Å². The Bertz CT molecular complexity index is 1870. The zero-order valence-corrected chi connectivity index (χ0v) is 30.3. The van der Waals surface area contributed by atoms with Crippen LogP contribution in [-0.2, 0) is 22.2 Å². The Kier molecular flexibility index (Phi) is 8.62. The van der Waals surface area contributed by atoms with Crippen molar-refractivity contribution in [3.63, 3.8) is 0 Å². The summed E-state index contributed by atoms with van der Waals surface area (Å²) >= 11 is 0. The summed E-state index contributed by atoms with van der Waals surface area (Å²) in [5.74, 6) is 2.10. The standard InChI is InChI=1S/C38H46BN3O8/c1-19-34(45-6)23-14-25-27(16-40)42-26(31(41(25)5)29(23)33(44)37(19)48-9)15-24-28(32(43)36(47-8)20(2)35(24)46-7)30(42)21-10-12-22(13-11-21)39-49-17-38(3,4)18-50-39/h10-13,25-27,30-31,43-44H,14-15,17-18H2,1-9H3/t25-,26-,27-,30-,31-/m0/s1. The Morgan fingerprint density at radius 1 is 0.800 bits per heavy atom. The molecule has 4 aliphatic heterocycles. The van der Waals surface area contributed by atoms with Crippen LogP contribution in [0.1, 0.15) is 64.9 Å². The lowest BCUT2D eigenvalue weighted by atomic mass is 9.70. The van der Waals surface area contributed by atoms with Gasteiger partial charge in [0.1, 0.15) is 17.5 Å². The highest BCUT2D eigenvalue weighted by molar-refractivity contribution is 6.61. The van der Waals surface area contributed by atoms with E-state index in [-0.39, 0.29) is 35.0 Å². The van der Waals surface area contributed by atoms with Gasteiger partial charge in [-0.25, -0.2) is 0 Å². The summed E-state index contributed by atoms with van der Waals surface area (Å²) < 4.78 is 35.7. The first kappa shape index (κ1) is 34.3. The number of rotatable bonds is 6. The molecule has 4 heterocycles. The zero-order valence-electron chi connectivity index (χ0n) is 30.3. The Morgan fingerprint density at radius 3 is 1.82 bits per heavy atom. The summed E-state index contributed by atoms with van der Waals surface area (Å²) in [5.41, 5.74) is 6.22. The summed E-state index contributed by atoms with van der Waals surface area (Å²) in [4.78, 5) is 4.45. The fraction of sp³-hybridized carbons (Fsp3) is 0.500. The number of methoxy groups -OCH3 is 4. The monoisotopic (exact) mass is 683 g/mol. The van der Waals surface area contributed by atoms with Gasteiger partial charge in [-0.15, -0.1) is 0 Å². The van der Waals surface area contributed by atoms with E-state index < -0.39 is 19.2 Å². The quantitative estimate of drug-likeness (QED) is 0.361. The van der Waals surface area contributed by atoms with Crippen LogP contribution in [0.15, 0.2) is 24.3 Å². The van der Waals surface area contributed by atoms with Crippen molar-refractivity contribution in [2.75, 3.05) is 48.7 Å². The summed E-state index contributed by atoms with van der Waals surface area (Å²) in [5, 5.41) is 35.0. The number of fused-ring (bicyclic) bond motifs is 7. The maximum Gasteiger partial charge on any atom is 0.493 e. The van der Waals surface area contributed by atoms with Gasteiger partial charge in [-0.05, 0) is 44.8 Å². The maximum absolute atomic E-state index is 12.0. The lowest BCUT2D eigenvalue weighted by molar-refractivity contribution is -0.0652. The smallest absolute Gasteiger partial charge is 0.493 e. The summed E-state index contributed by atoms with van der Waals surface area (Å²) in [7, 11) is 7.88. The first-order chi connectivity index (χ1) is 23.9. The average molecular weight is 684 g/mol. The number of nitrogens with zero attached hydrogens (tertiary/aromatic N) is 3. The van der Waals surface area contributed by atoms with E-state index in [1.165, 1.54) is 7.11 Å². The minimum absolute atomic E-state index is 0.0255. The molecule has 12 heteroatoms. The second kappa shape index (κ2) is 12.6. The predicted molar refractivity (Wildman–Crippen MR) is 188 cm³/mol. The fourth-order valence-corrected chi connectivity index (χ4v) is 9.13. The van der Waals surface area contributed by atoms with Gasteiger partial charge in [0.2, 0.25) is 0 Å². The molecule has 5 atom stereocenters. The minimum atomic E-state index is -0.591. The van der Waals surface area contributed by atoms with Crippen molar-refractivity contribution in [3.8, 4) is 40.6 Å². The molecule has 4 aliphatic rings. The van der Waals surface area contributed by atoms with Crippen molar-refractivity contribution in [1.29, 1.82) is 5.26 Å². The number of ether oxygens (including phenoxy) is 4. The molecule has 2 bridgehead atoms. The topological polar surface area (TPSA) is 126 Å². The van der Waals surface area contributed by atoms with Crippen molar-refractivity contribution in [2.45, 2.75) is 70.7 Å². The lowest BCUT2D eigenvalue weighted by Gasteiger charge is -2.60. The summed E-state index contributed by atoms with van der Waals surface area (Å²) in [6, 6.07) is 8.65. The van der Waals surface area contributed by atoms with Crippen molar-refractivity contribution in [2.24, 2.45) is 5.41 Å². The predicted octanol–water partition coefficient (Wildman–Crippen LogP) is 4.34. The van der Waals surface area contributed by atoms with E-state index in [0.717, 1.165) is 33.3 Å². The van der Waals surface area contributed by atoms with Crippen LogP contribution in [0.25, 0.3) is 0 Å². The van der Waals surface area contributed by atoms with Crippen molar-refractivity contribution in [3.05, 3.63) is 63.2 Å². The first-order valence-electron chi connectivity index (χ1n) is 17.1. The normalized spacial score (nSPS) is 25.5. The molecule has 0 unspecified atom stereocenters. The number of hydrogen-bond acceptors (Lipinski definition) is 11. The molecule has 2 N–H and O–H groups in total. The Hall–Kier alpha value is -4.15. The van der Waals surface area contributed by atoms with E-state index in [9.17, 15) is 15.5 Å². The molecule has 11 nitrogen and oxygen atoms in total. The molecule has 0 amide bonds. The molecule has 0 spiro atoms. The van der Waals surface area contributed by atoms with E-state index in [4.69, 9.17) is 28.3 Å². The van der Waals surface area contributed by atoms with Gasteiger partial charge in [0, 0.05) is 64.1 Å². The molecule has 0 saturated carbocycles. The van der Waals surface area contributed by atoms with Gasteiger partial charge in [0.15, 0.2) is 23.0 Å². The molecule has 2 fully saturated rings. The molecule has 0 aromatic heterocycles. The fourth-order valence-electron chi connectivity index (χ4n) is 9.13. The van der Waals surface area contributed by atoms with Gasteiger partial charge in [-0.2, -0.15) is 5.26 Å². The Morgan fingerprint density at radius 2 is 1.30 bits per heavy atom. The number of nitriles is 1. The van der Waals surface area contributed by atoms with Gasteiger partial charge < -0.3 is 38.5 Å². The number of phenols is 2. The molecule has 50 heavy (non-hydrogen) atoms. The van der Waals surface area contributed by atoms with Crippen molar-refractivity contribution < 1.29 is 38.5 Å². The highest BCUT2D eigenvalue weighted by Gasteiger charge is 2.57. The molecule has 2 saturated heterocycles. The van der Waals surface area contributed by atoms with Crippen LogP contribution < -0.4 is 24.4 Å². The average Bonchev–Trinajstić information content (AvgIpc) is 3.09. The molecule has 0 aliphatic carbocycles. The van der Waals surface area contributed by atoms with E-state index in [1.807, 2.05) is 45.2 Å². The number of hydrogen-bond donors (Lipinski definition) is 2. The molecule has 0 radical (unpaired) electrons. The van der Waals surface area contributed by atoms with E-state index in [1.54, 1.807) is 21.3 Å². The van der Waals surface area contributed by atoms with E-state index in [0.29, 0.717) is 60.2 Å². The summed E-state index contributed by atoms with van der Waals surface area (Å²) in [6.07, 6.45) is 0.908. The minimum Gasteiger partial charge on any atom is -0.504 e. The van der Waals surface area contributed by atoms with Crippen molar-refractivity contribution in [1.82, 2.24) is 9.80 Å². The SMILES string of the molecule is COc1c(C)c(OC)c2c(c1O)[C@H](c1ccc(B3OCC(C)(C)CO3)cc1)N1[C@@H](C#N)[C@@H]3Cc4c(OC)c(C)c(OC)c(O)c4[C@H]([C@@H]1C2)N3C. The van der Waals surface area contributed by atoms with Crippen LogP contribution in [-0.4, -0.2) is 94.0 Å². The number of phenolic OH excluding ortho intramolecular Hbond substituents is 2. The van der Waals surface area contributed by atoms with Gasteiger partial charge in [0.25, 0.3) is 0 Å². The number of piperazine rings is 1. The lowest BCUT2D eigenvalue weighted by Crippen LogP contribution is -2.68. The van der Waals surface area contributed by atoms with E-state index in [2.05, 4.69) is 29.7 Å². The third-order valence-corrected chi connectivity index (χ3v) is 11.3. The number of benzene rings is 3. The molecule has 3 aromatic rings. The molecular formula is C38H46BN3O8. The highest BCUT2D eigenvalue weighted by Crippen LogP contribution is 2.59. The molecular weight excluding hydrogens is 637 g/mol. The number of aromatic hydroxyl groups is 2. The summed E-state index contributed by atoms with van der Waals surface area (Å²) in [6.45, 7) is 9.15. The van der Waals surface area contributed by atoms with Crippen LogP contribution in [0.2, 0.25) is 0 Å². The van der Waals surface area contributed by atoms with Crippen LogP contribution in [0.3, 0.4) is 0 Å². The molecule has 7 rings (SSSR count). The third-order valence-electron chi connectivity index (χ3n) is 11.3. The highest BCUT2D eigenvalue weighted by atomic mass is 16.6. The first-order valence-corrected chi connectivity index (χ1v) is 17.1. The van der Waals surface area contributed by atoms with Crippen LogP contribution in [0.5, 0.6) is 34.5 Å². The van der Waals surface area contributed by atoms with E-state index >= 15 is 0 Å². The van der Waals surface area contributed by atoms with Gasteiger partial charge >= 0.3 is 7.12 Å². The van der Waals surface area contributed by atoms with Crippen molar-refractivity contribution >= 4 is 12.6 Å². The zero-order chi connectivity index (χ0) is 35.8. The Labute approximate surface area is 294 Å². The molecule has 264 valence electrons. The maximum atomic E-state index is 12.0. The second-order valence-corrected chi connectivity index (χ2v) is 14.7. The Balaban J connectivity index is 1.46. The third kappa shape index (κ3) is 4.93. The molecule has 3 aromatic carbocycles. The van der Waals surface area contributed by atoms with Crippen LogP contribution in [0, 0.1) is 30.6 Å². The van der Waals surface area contributed by atoms with Gasteiger partial charge in [0.05, 0.1) is 46.6 Å². The second-order valence-electron chi connectivity index (χ2n) is 14.7.